The molecule has 0 aliphatic heterocycles. The van der Waals surface area contributed by atoms with Crippen LogP contribution >= 0.6 is 45.5 Å². The van der Waals surface area contributed by atoms with Crippen LogP contribution in [-0.2, 0) is 5.41 Å². The Balaban J connectivity index is 2.20. The lowest BCUT2D eigenvalue weighted by atomic mass is 9.93. The minimum atomic E-state index is -0.188. The maximum Gasteiger partial charge on any atom is 0.258 e. The maximum atomic E-state index is 12.2. The van der Waals surface area contributed by atoms with Gasteiger partial charge in [-0.25, -0.2) is 4.98 Å². The molecule has 0 saturated carbocycles. The van der Waals surface area contributed by atoms with E-state index in [0.29, 0.717) is 15.7 Å². The van der Waals surface area contributed by atoms with Crippen molar-refractivity contribution in [3.05, 3.63) is 43.4 Å². The third-order valence-corrected chi connectivity index (χ3v) is 4.60. The maximum absolute atomic E-state index is 12.2. The smallest absolute Gasteiger partial charge is 0.258 e. The van der Waals surface area contributed by atoms with Gasteiger partial charge in [-0.15, -0.1) is 11.3 Å². The summed E-state index contributed by atoms with van der Waals surface area (Å²) in [5, 5.41) is 5.95. The molecule has 20 heavy (non-hydrogen) atoms. The molecule has 0 aliphatic carbocycles. The fourth-order valence-corrected chi connectivity index (χ4v) is 3.20. The summed E-state index contributed by atoms with van der Waals surface area (Å²) in [5.74, 6) is -0.188. The third-order valence-electron chi connectivity index (χ3n) is 2.67. The summed E-state index contributed by atoms with van der Waals surface area (Å²) in [6, 6.07) is 5.25. The predicted octanol–water partition coefficient (Wildman–Crippen LogP) is 4.95. The van der Waals surface area contributed by atoms with Crippen molar-refractivity contribution < 1.29 is 4.79 Å². The van der Waals surface area contributed by atoms with Crippen molar-refractivity contribution in [3.8, 4) is 0 Å². The van der Waals surface area contributed by atoms with Gasteiger partial charge in [0.05, 0.1) is 11.3 Å². The Morgan fingerprint density at radius 2 is 2.10 bits per heavy atom. The molecule has 0 bridgehead atoms. The largest absolute Gasteiger partial charge is 0.298 e. The van der Waals surface area contributed by atoms with E-state index in [-0.39, 0.29) is 11.3 Å². The number of amides is 1. The van der Waals surface area contributed by atoms with Gasteiger partial charge >= 0.3 is 0 Å². The van der Waals surface area contributed by atoms with Crippen molar-refractivity contribution >= 4 is 56.6 Å². The number of nitrogens with one attached hydrogen (secondary N) is 1. The standard InChI is InChI=1S/C14H14ClIN2OS/c1-14(2,3)11-7-20-13(17-11)18-12(19)9-6-8(15)4-5-10(9)16/h4-7H,1-3H3,(H,17,18,19). The first-order valence-electron chi connectivity index (χ1n) is 6.00. The van der Waals surface area contributed by atoms with E-state index in [9.17, 15) is 4.79 Å². The van der Waals surface area contributed by atoms with E-state index in [1.807, 2.05) is 11.4 Å². The first-order valence-corrected chi connectivity index (χ1v) is 8.33. The normalized spacial score (nSPS) is 11.4. The Labute approximate surface area is 140 Å². The summed E-state index contributed by atoms with van der Waals surface area (Å²) in [4.78, 5) is 16.7. The zero-order valence-corrected chi connectivity index (χ0v) is 15.1. The first kappa shape index (κ1) is 15.7. The van der Waals surface area contributed by atoms with E-state index in [4.69, 9.17) is 11.6 Å². The molecule has 1 heterocycles. The molecule has 2 aromatic rings. The SMILES string of the molecule is CC(C)(C)c1csc(NC(=O)c2cc(Cl)ccc2I)n1. The number of carbonyl (C=O) groups excluding carboxylic acids is 1. The minimum Gasteiger partial charge on any atom is -0.298 e. The second kappa shape index (κ2) is 5.99. The van der Waals surface area contributed by atoms with Gasteiger partial charge in [-0.2, -0.15) is 0 Å². The van der Waals surface area contributed by atoms with Crippen LogP contribution < -0.4 is 5.32 Å². The Kier molecular flexibility index (Phi) is 4.71. The average molecular weight is 421 g/mol. The molecule has 1 amide bonds. The van der Waals surface area contributed by atoms with Gasteiger partial charge < -0.3 is 0 Å². The molecule has 0 saturated heterocycles. The zero-order chi connectivity index (χ0) is 14.9. The highest BCUT2D eigenvalue weighted by molar-refractivity contribution is 14.1. The van der Waals surface area contributed by atoms with Crippen LogP contribution in [-0.4, -0.2) is 10.9 Å². The van der Waals surface area contributed by atoms with Crippen molar-refractivity contribution in [3.63, 3.8) is 0 Å². The molecule has 0 spiro atoms. The van der Waals surface area contributed by atoms with Crippen LogP contribution in [0.1, 0.15) is 36.8 Å². The monoisotopic (exact) mass is 420 g/mol. The Morgan fingerprint density at radius 3 is 2.70 bits per heavy atom. The summed E-state index contributed by atoms with van der Waals surface area (Å²) < 4.78 is 0.858. The van der Waals surface area contributed by atoms with Crippen LogP contribution in [0, 0.1) is 3.57 Å². The third kappa shape index (κ3) is 3.71. The number of halogens is 2. The second-order valence-corrected chi connectivity index (χ2v) is 7.82. The molecule has 1 N–H and O–H groups in total. The Hall–Kier alpha value is -0.660. The van der Waals surface area contributed by atoms with Gasteiger partial charge in [0, 0.05) is 19.4 Å². The molecule has 0 unspecified atom stereocenters. The molecular weight excluding hydrogens is 407 g/mol. The molecule has 6 heteroatoms. The van der Waals surface area contributed by atoms with Crippen LogP contribution in [0.5, 0.6) is 0 Å². The summed E-state index contributed by atoms with van der Waals surface area (Å²) in [6.07, 6.45) is 0. The van der Waals surface area contributed by atoms with Gasteiger partial charge in [0.1, 0.15) is 0 Å². The molecule has 0 aliphatic rings. The van der Waals surface area contributed by atoms with E-state index in [1.165, 1.54) is 11.3 Å². The number of anilines is 1. The predicted molar refractivity (Wildman–Crippen MR) is 92.9 cm³/mol. The van der Waals surface area contributed by atoms with E-state index >= 15 is 0 Å². The van der Waals surface area contributed by atoms with Gasteiger partial charge in [-0.3, -0.25) is 10.1 Å². The van der Waals surface area contributed by atoms with Crippen LogP contribution in [0.2, 0.25) is 5.02 Å². The highest BCUT2D eigenvalue weighted by atomic mass is 127. The molecular formula is C14H14ClIN2OS. The van der Waals surface area contributed by atoms with Gasteiger partial charge in [-0.1, -0.05) is 32.4 Å². The van der Waals surface area contributed by atoms with Gasteiger partial charge in [-0.05, 0) is 40.8 Å². The lowest BCUT2D eigenvalue weighted by Gasteiger charge is -2.14. The Morgan fingerprint density at radius 1 is 1.40 bits per heavy atom. The molecule has 2 rings (SSSR count). The number of nitrogens with zero attached hydrogens (tertiary/aromatic N) is 1. The van der Waals surface area contributed by atoms with Crippen molar-refractivity contribution in [2.75, 3.05) is 5.32 Å². The number of hydrogen-bond acceptors (Lipinski definition) is 3. The van der Waals surface area contributed by atoms with Gasteiger partial charge in [0.15, 0.2) is 5.13 Å². The number of benzene rings is 1. The first-order chi connectivity index (χ1) is 9.27. The quantitative estimate of drug-likeness (QED) is 0.698. The number of rotatable bonds is 2. The highest BCUT2D eigenvalue weighted by Gasteiger charge is 2.19. The number of thiazole rings is 1. The van der Waals surface area contributed by atoms with Crippen LogP contribution in [0.3, 0.4) is 0 Å². The molecule has 1 aromatic heterocycles. The average Bonchev–Trinajstić information content (AvgIpc) is 2.80. The summed E-state index contributed by atoms with van der Waals surface area (Å²) >= 11 is 9.48. The molecule has 0 radical (unpaired) electrons. The lowest BCUT2D eigenvalue weighted by Crippen LogP contribution is -2.15. The fourth-order valence-electron chi connectivity index (χ4n) is 1.51. The van der Waals surface area contributed by atoms with Crippen LogP contribution in [0.15, 0.2) is 23.6 Å². The van der Waals surface area contributed by atoms with E-state index in [1.54, 1.807) is 12.1 Å². The number of aromatic nitrogens is 1. The van der Waals surface area contributed by atoms with Crippen molar-refractivity contribution in [1.82, 2.24) is 4.98 Å². The van der Waals surface area contributed by atoms with E-state index < -0.39 is 0 Å². The van der Waals surface area contributed by atoms with Gasteiger partial charge in [0.2, 0.25) is 0 Å². The van der Waals surface area contributed by atoms with Crippen molar-refractivity contribution in [2.45, 2.75) is 26.2 Å². The molecule has 1 aromatic carbocycles. The summed E-state index contributed by atoms with van der Waals surface area (Å²) in [6.45, 7) is 6.27. The topological polar surface area (TPSA) is 42.0 Å². The summed E-state index contributed by atoms with van der Waals surface area (Å²) in [7, 11) is 0. The van der Waals surface area contributed by atoms with Crippen molar-refractivity contribution in [2.24, 2.45) is 0 Å². The van der Waals surface area contributed by atoms with Gasteiger partial charge in [0.25, 0.3) is 5.91 Å². The molecule has 3 nitrogen and oxygen atoms in total. The number of carbonyl (C=O) groups is 1. The number of hydrogen-bond donors (Lipinski definition) is 1. The molecule has 0 fully saturated rings. The molecule has 106 valence electrons. The zero-order valence-electron chi connectivity index (χ0n) is 11.3. The van der Waals surface area contributed by atoms with Crippen LogP contribution in [0.4, 0.5) is 5.13 Å². The van der Waals surface area contributed by atoms with E-state index in [2.05, 4.69) is 53.7 Å². The summed E-state index contributed by atoms with van der Waals surface area (Å²) in [5.41, 5.74) is 1.51. The fraction of sp³-hybridized carbons (Fsp3) is 0.286. The second-order valence-electron chi connectivity index (χ2n) is 5.37. The van der Waals surface area contributed by atoms with Crippen molar-refractivity contribution in [1.29, 1.82) is 0 Å². The highest BCUT2D eigenvalue weighted by Crippen LogP contribution is 2.27. The minimum absolute atomic E-state index is 0.0239. The Bertz CT molecular complexity index is 649. The van der Waals surface area contributed by atoms with Crippen LogP contribution in [0.25, 0.3) is 0 Å². The lowest BCUT2D eigenvalue weighted by molar-refractivity contribution is 0.102. The molecule has 0 atom stereocenters. The van der Waals surface area contributed by atoms with E-state index in [0.717, 1.165) is 9.26 Å².